The van der Waals surface area contributed by atoms with Gasteiger partial charge in [0.1, 0.15) is 11.9 Å². The van der Waals surface area contributed by atoms with Gasteiger partial charge in [0.25, 0.3) is 5.91 Å². The van der Waals surface area contributed by atoms with Crippen molar-refractivity contribution in [2.24, 2.45) is 7.05 Å². The first-order valence-electron chi connectivity index (χ1n) is 7.02. The molecule has 6 nitrogen and oxygen atoms in total. The molecule has 120 valence electrons. The van der Waals surface area contributed by atoms with Gasteiger partial charge in [-0.15, -0.1) is 0 Å². The number of benzene rings is 1. The Hall–Kier alpha value is -2.41. The quantitative estimate of drug-likeness (QED) is 0.928. The predicted octanol–water partition coefficient (Wildman–Crippen LogP) is 1.75. The SMILES string of the molecule is Cn1cc(N2CC[C@@H](NC(=O)c3c(F)cccc3Cl)C2=O)cn1. The summed E-state index contributed by atoms with van der Waals surface area (Å²) < 4.78 is 15.4. The van der Waals surface area contributed by atoms with Crippen molar-refractivity contribution in [1.29, 1.82) is 0 Å². The van der Waals surface area contributed by atoms with Crippen LogP contribution in [0.4, 0.5) is 10.1 Å². The number of aromatic nitrogens is 2. The first-order chi connectivity index (χ1) is 11.0. The molecule has 0 aliphatic carbocycles. The number of aryl methyl sites for hydroxylation is 1. The highest BCUT2D eigenvalue weighted by Gasteiger charge is 2.35. The lowest BCUT2D eigenvalue weighted by atomic mass is 10.1. The van der Waals surface area contributed by atoms with Crippen LogP contribution in [0.25, 0.3) is 0 Å². The van der Waals surface area contributed by atoms with Crippen molar-refractivity contribution >= 4 is 29.1 Å². The Bertz CT molecular complexity index is 756. The van der Waals surface area contributed by atoms with Gasteiger partial charge < -0.3 is 10.2 Å². The second-order valence-electron chi connectivity index (χ2n) is 5.27. The second-order valence-corrected chi connectivity index (χ2v) is 5.68. The Balaban J connectivity index is 1.74. The molecule has 1 aromatic heterocycles. The second kappa shape index (κ2) is 6.00. The van der Waals surface area contributed by atoms with E-state index in [-0.39, 0.29) is 16.5 Å². The Morgan fingerprint density at radius 3 is 2.91 bits per heavy atom. The minimum atomic E-state index is -0.718. The van der Waals surface area contributed by atoms with Crippen molar-refractivity contribution in [3.05, 3.63) is 47.0 Å². The monoisotopic (exact) mass is 336 g/mol. The molecule has 3 rings (SSSR count). The van der Waals surface area contributed by atoms with Gasteiger partial charge in [0.15, 0.2) is 0 Å². The molecule has 1 saturated heterocycles. The lowest BCUT2D eigenvalue weighted by molar-refractivity contribution is -0.118. The number of carbonyl (C=O) groups is 2. The van der Waals surface area contributed by atoms with Crippen LogP contribution in [-0.4, -0.2) is 34.2 Å². The number of anilines is 1. The van der Waals surface area contributed by atoms with Crippen LogP contribution < -0.4 is 10.2 Å². The normalized spacial score (nSPS) is 17.6. The van der Waals surface area contributed by atoms with Gasteiger partial charge in [-0.3, -0.25) is 14.3 Å². The largest absolute Gasteiger partial charge is 0.340 e. The molecule has 1 aromatic carbocycles. The molecule has 2 aromatic rings. The summed E-state index contributed by atoms with van der Waals surface area (Å²) in [5.74, 6) is -1.66. The van der Waals surface area contributed by atoms with Crippen molar-refractivity contribution in [2.45, 2.75) is 12.5 Å². The number of hydrogen-bond donors (Lipinski definition) is 1. The van der Waals surface area contributed by atoms with Crippen LogP contribution in [-0.2, 0) is 11.8 Å². The van der Waals surface area contributed by atoms with Gasteiger partial charge in [-0.25, -0.2) is 4.39 Å². The van der Waals surface area contributed by atoms with Crippen molar-refractivity contribution < 1.29 is 14.0 Å². The summed E-state index contributed by atoms with van der Waals surface area (Å²) in [6.07, 6.45) is 3.73. The van der Waals surface area contributed by atoms with E-state index in [1.807, 2.05) is 0 Å². The van der Waals surface area contributed by atoms with Crippen molar-refractivity contribution in [3.8, 4) is 0 Å². The van der Waals surface area contributed by atoms with Crippen LogP contribution in [0.2, 0.25) is 5.02 Å². The molecule has 1 atom stereocenters. The molecule has 0 bridgehead atoms. The molecule has 1 fully saturated rings. The third-order valence-electron chi connectivity index (χ3n) is 3.70. The minimum absolute atomic E-state index is 0.0112. The van der Waals surface area contributed by atoms with Gasteiger partial charge in [-0.1, -0.05) is 17.7 Å². The van der Waals surface area contributed by atoms with E-state index in [0.29, 0.717) is 18.7 Å². The van der Waals surface area contributed by atoms with E-state index >= 15 is 0 Å². The molecule has 1 aliphatic heterocycles. The highest BCUT2D eigenvalue weighted by Crippen LogP contribution is 2.22. The minimum Gasteiger partial charge on any atom is -0.340 e. The lowest BCUT2D eigenvalue weighted by Gasteiger charge is -2.15. The van der Waals surface area contributed by atoms with E-state index in [0.717, 1.165) is 6.07 Å². The zero-order chi connectivity index (χ0) is 16.6. The maximum Gasteiger partial charge on any atom is 0.256 e. The Labute approximate surface area is 136 Å². The van der Waals surface area contributed by atoms with Crippen molar-refractivity contribution in [1.82, 2.24) is 15.1 Å². The molecule has 23 heavy (non-hydrogen) atoms. The number of carbonyl (C=O) groups excluding carboxylic acids is 2. The first-order valence-corrected chi connectivity index (χ1v) is 7.40. The third-order valence-corrected chi connectivity index (χ3v) is 4.02. The number of nitrogens with one attached hydrogen (secondary N) is 1. The number of rotatable bonds is 3. The van der Waals surface area contributed by atoms with E-state index < -0.39 is 17.8 Å². The highest BCUT2D eigenvalue weighted by molar-refractivity contribution is 6.33. The molecule has 1 aliphatic rings. The average Bonchev–Trinajstić information content (AvgIpc) is 3.06. The maximum absolute atomic E-state index is 13.8. The van der Waals surface area contributed by atoms with Gasteiger partial charge in [0, 0.05) is 19.8 Å². The van der Waals surface area contributed by atoms with Gasteiger partial charge in [-0.05, 0) is 18.6 Å². The van der Waals surface area contributed by atoms with Crippen molar-refractivity contribution in [3.63, 3.8) is 0 Å². The number of amides is 2. The van der Waals surface area contributed by atoms with Gasteiger partial charge in [0.2, 0.25) is 5.91 Å². The van der Waals surface area contributed by atoms with Crippen LogP contribution in [0.5, 0.6) is 0 Å². The third kappa shape index (κ3) is 2.92. The van der Waals surface area contributed by atoms with E-state index in [9.17, 15) is 14.0 Å². The molecule has 0 saturated carbocycles. The zero-order valence-corrected chi connectivity index (χ0v) is 13.0. The fourth-order valence-electron chi connectivity index (χ4n) is 2.56. The van der Waals surface area contributed by atoms with E-state index in [2.05, 4.69) is 10.4 Å². The average molecular weight is 337 g/mol. The molecular formula is C15H14ClFN4O2. The van der Waals surface area contributed by atoms with Crippen molar-refractivity contribution in [2.75, 3.05) is 11.4 Å². The molecule has 0 spiro atoms. The summed E-state index contributed by atoms with van der Waals surface area (Å²) in [5, 5.41) is 6.58. The molecule has 0 radical (unpaired) electrons. The van der Waals surface area contributed by atoms with E-state index in [1.54, 1.807) is 29.0 Å². The summed E-state index contributed by atoms with van der Waals surface area (Å²) in [7, 11) is 1.75. The van der Waals surface area contributed by atoms with Crippen LogP contribution in [0.15, 0.2) is 30.6 Å². The summed E-state index contributed by atoms with van der Waals surface area (Å²) >= 11 is 5.87. The van der Waals surface area contributed by atoms with Crippen LogP contribution in [0.1, 0.15) is 16.8 Å². The Kier molecular flexibility index (Phi) is 4.04. The molecule has 2 amide bonds. The maximum atomic E-state index is 13.8. The van der Waals surface area contributed by atoms with Crippen LogP contribution >= 0.6 is 11.6 Å². The zero-order valence-electron chi connectivity index (χ0n) is 12.3. The topological polar surface area (TPSA) is 67.2 Å². The van der Waals surface area contributed by atoms with Gasteiger partial charge >= 0.3 is 0 Å². The number of nitrogens with zero attached hydrogens (tertiary/aromatic N) is 3. The molecule has 1 N–H and O–H groups in total. The predicted molar refractivity (Wildman–Crippen MR) is 82.8 cm³/mol. The standard InChI is InChI=1S/C15H14ClFN4O2/c1-20-8-9(7-18-20)21-6-5-12(15(21)23)19-14(22)13-10(16)3-2-4-11(13)17/h2-4,7-8,12H,5-6H2,1H3,(H,19,22)/t12-/m1/s1. The van der Waals surface area contributed by atoms with Crippen LogP contribution in [0.3, 0.4) is 0 Å². The fraction of sp³-hybridized carbons (Fsp3) is 0.267. The smallest absolute Gasteiger partial charge is 0.256 e. The Morgan fingerprint density at radius 1 is 1.48 bits per heavy atom. The Morgan fingerprint density at radius 2 is 2.26 bits per heavy atom. The van der Waals surface area contributed by atoms with Gasteiger partial charge in [-0.2, -0.15) is 5.10 Å². The lowest BCUT2D eigenvalue weighted by Crippen LogP contribution is -2.41. The van der Waals surface area contributed by atoms with E-state index in [4.69, 9.17) is 11.6 Å². The van der Waals surface area contributed by atoms with Crippen LogP contribution in [0, 0.1) is 5.82 Å². The molecule has 2 heterocycles. The fourth-order valence-corrected chi connectivity index (χ4v) is 2.81. The number of hydrogen-bond acceptors (Lipinski definition) is 3. The summed E-state index contributed by atoms with van der Waals surface area (Å²) in [6.45, 7) is 0.459. The van der Waals surface area contributed by atoms with Gasteiger partial charge in [0.05, 0.1) is 22.5 Å². The molecule has 0 unspecified atom stereocenters. The summed E-state index contributed by atoms with van der Waals surface area (Å²) in [6, 6.07) is 3.29. The summed E-state index contributed by atoms with van der Waals surface area (Å²) in [5.41, 5.74) is 0.417. The first kappa shape index (κ1) is 15.5. The van der Waals surface area contributed by atoms with E-state index in [1.165, 1.54) is 12.1 Å². The molecule has 8 heteroatoms. The molecular weight excluding hydrogens is 323 g/mol. The summed E-state index contributed by atoms with van der Waals surface area (Å²) in [4.78, 5) is 26.2. The highest BCUT2D eigenvalue weighted by atomic mass is 35.5. The number of halogens is 2.